The molecule has 4 aromatic rings. The highest BCUT2D eigenvalue weighted by molar-refractivity contribution is 7.99. The van der Waals surface area contributed by atoms with Crippen LogP contribution in [0.3, 0.4) is 0 Å². The van der Waals surface area contributed by atoms with Crippen molar-refractivity contribution in [1.82, 2.24) is 9.55 Å². The summed E-state index contributed by atoms with van der Waals surface area (Å²) in [5.74, 6) is 0.0110. The van der Waals surface area contributed by atoms with Crippen LogP contribution in [0.1, 0.15) is 12.8 Å². The number of fused-ring (bicyclic) bond motifs is 2. The molecule has 1 amide bonds. The number of carbonyl (C=O) groups is 1. The van der Waals surface area contributed by atoms with Crippen molar-refractivity contribution in [3.8, 4) is 0 Å². The Bertz CT molecular complexity index is 1340. The quantitative estimate of drug-likeness (QED) is 0.350. The van der Waals surface area contributed by atoms with E-state index in [1.54, 1.807) is 10.6 Å². The standard InChI is InChI=1S/C25H23N3O3S/c29-23(26-21-13-5-8-17-7-1-2-10-19(17)21)16-32-25-27-22-12-4-3-11-20(22)24(30)28(25)15-18-9-6-14-31-18/h1-5,7-8,10-13,18H,6,9,14-16H2,(H,26,29)/t18-/m1/s1. The Morgan fingerprint density at radius 1 is 1.06 bits per heavy atom. The van der Waals surface area contributed by atoms with E-state index in [0.717, 1.165) is 35.9 Å². The third kappa shape index (κ3) is 4.26. The third-order valence-corrected chi connectivity index (χ3v) is 6.61. The lowest BCUT2D eigenvalue weighted by Crippen LogP contribution is -2.29. The van der Waals surface area contributed by atoms with Gasteiger partial charge in [0.05, 0.1) is 29.3 Å². The molecular formula is C25H23N3O3S. The zero-order valence-corrected chi connectivity index (χ0v) is 18.3. The van der Waals surface area contributed by atoms with Gasteiger partial charge in [-0.15, -0.1) is 0 Å². The zero-order chi connectivity index (χ0) is 21.9. The number of amides is 1. The summed E-state index contributed by atoms with van der Waals surface area (Å²) >= 11 is 1.28. The van der Waals surface area contributed by atoms with E-state index in [2.05, 4.69) is 5.32 Å². The van der Waals surface area contributed by atoms with Gasteiger partial charge in [0.2, 0.25) is 5.91 Å². The number of ether oxygens (including phenoxy) is 1. The van der Waals surface area contributed by atoms with E-state index in [-0.39, 0.29) is 23.3 Å². The van der Waals surface area contributed by atoms with Crippen LogP contribution in [0.5, 0.6) is 0 Å². The fourth-order valence-electron chi connectivity index (χ4n) is 4.06. The van der Waals surface area contributed by atoms with Crippen LogP contribution >= 0.6 is 11.8 Å². The molecule has 0 bridgehead atoms. The Morgan fingerprint density at radius 3 is 2.69 bits per heavy atom. The van der Waals surface area contributed by atoms with Gasteiger partial charge >= 0.3 is 0 Å². The highest BCUT2D eigenvalue weighted by Crippen LogP contribution is 2.24. The maximum Gasteiger partial charge on any atom is 0.262 e. The van der Waals surface area contributed by atoms with E-state index >= 15 is 0 Å². The molecule has 1 N–H and O–H groups in total. The molecule has 0 radical (unpaired) electrons. The number of nitrogens with zero attached hydrogens (tertiary/aromatic N) is 2. The van der Waals surface area contributed by atoms with Gasteiger partial charge in [-0.25, -0.2) is 4.98 Å². The second-order valence-electron chi connectivity index (χ2n) is 7.83. The number of carbonyl (C=O) groups excluding carboxylic acids is 1. The minimum absolute atomic E-state index is 0.000443. The first-order valence-electron chi connectivity index (χ1n) is 10.7. The molecule has 7 heteroatoms. The maximum absolute atomic E-state index is 13.2. The molecule has 0 unspecified atom stereocenters. The fraction of sp³-hybridized carbons (Fsp3) is 0.240. The molecule has 5 rings (SSSR count). The second-order valence-corrected chi connectivity index (χ2v) is 8.77. The molecule has 1 aliphatic rings. The number of anilines is 1. The van der Waals surface area contributed by atoms with E-state index in [0.29, 0.717) is 22.6 Å². The molecule has 1 atom stereocenters. The van der Waals surface area contributed by atoms with Crippen molar-refractivity contribution in [2.75, 3.05) is 17.7 Å². The molecule has 1 fully saturated rings. The first-order valence-corrected chi connectivity index (χ1v) is 11.7. The normalized spacial score (nSPS) is 15.9. The zero-order valence-electron chi connectivity index (χ0n) is 17.5. The average Bonchev–Trinajstić information content (AvgIpc) is 3.33. The lowest BCUT2D eigenvalue weighted by Gasteiger charge is -2.16. The summed E-state index contributed by atoms with van der Waals surface area (Å²) in [6.07, 6.45) is 1.92. The summed E-state index contributed by atoms with van der Waals surface area (Å²) in [5, 5.41) is 6.18. The summed E-state index contributed by atoms with van der Waals surface area (Å²) < 4.78 is 7.41. The molecule has 0 saturated carbocycles. The smallest absolute Gasteiger partial charge is 0.262 e. The summed E-state index contributed by atoms with van der Waals surface area (Å²) in [6, 6.07) is 21.1. The molecule has 162 valence electrons. The molecule has 3 aromatic carbocycles. The van der Waals surface area contributed by atoms with E-state index in [9.17, 15) is 9.59 Å². The lowest BCUT2D eigenvalue weighted by molar-refractivity contribution is -0.113. The van der Waals surface area contributed by atoms with Crippen molar-refractivity contribution in [1.29, 1.82) is 0 Å². The van der Waals surface area contributed by atoms with Gasteiger partial charge in [-0.3, -0.25) is 14.2 Å². The Hall–Kier alpha value is -3.16. The van der Waals surface area contributed by atoms with Crippen LogP contribution in [0, 0.1) is 0 Å². The number of benzene rings is 3. The van der Waals surface area contributed by atoms with Gasteiger partial charge in [0.25, 0.3) is 5.56 Å². The van der Waals surface area contributed by atoms with Crippen LogP contribution in [0.25, 0.3) is 21.7 Å². The highest BCUT2D eigenvalue weighted by atomic mass is 32.2. The number of hydrogen-bond acceptors (Lipinski definition) is 5. The van der Waals surface area contributed by atoms with Crippen LogP contribution in [-0.2, 0) is 16.1 Å². The van der Waals surface area contributed by atoms with Gasteiger partial charge in [0, 0.05) is 17.7 Å². The SMILES string of the molecule is O=C(CSc1nc2ccccc2c(=O)n1C[C@H]1CCCO1)Nc1cccc2ccccc12. The molecule has 0 aliphatic carbocycles. The molecule has 1 saturated heterocycles. The number of nitrogens with one attached hydrogen (secondary N) is 1. The molecule has 6 nitrogen and oxygen atoms in total. The molecular weight excluding hydrogens is 422 g/mol. The Balaban J connectivity index is 1.39. The number of rotatable bonds is 6. The molecule has 1 aromatic heterocycles. The van der Waals surface area contributed by atoms with Crippen molar-refractivity contribution in [3.63, 3.8) is 0 Å². The number of aromatic nitrogens is 2. The number of para-hydroxylation sites is 1. The van der Waals surface area contributed by atoms with Crippen molar-refractivity contribution in [2.45, 2.75) is 30.6 Å². The predicted octanol–water partition coefficient (Wildman–Crippen LogP) is 4.46. The van der Waals surface area contributed by atoms with Crippen molar-refractivity contribution < 1.29 is 9.53 Å². The van der Waals surface area contributed by atoms with Crippen LogP contribution in [0.15, 0.2) is 76.7 Å². The molecule has 32 heavy (non-hydrogen) atoms. The first kappa shape index (κ1) is 20.7. The topological polar surface area (TPSA) is 73.2 Å². The Kier molecular flexibility index (Phi) is 5.92. The van der Waals surface area contributed by atoms with Crippen LogP contribution in [0.4, 0.5) is 5.69 Å². The second kappa shape index (κ2) is 9.14. The molecule has 0 spiro atoms. The minimum Gasteiger partial charge on any atom is -0.376 e. The number of hydrogen-bond donors (Lipinski definition) is 1. The van der Waals surface area contributed by atoms with Crippen molar-refractivity contribution in [2.24, 2.45) is 0 Å². The lowest BCUT2D eigenvalue weighted by atomic mass is 10.1. The maximum atomic E-state index is 13.2. The largest absolute Gasteiger partial charge is 0.376 e. The van der Waals surface area contributed by atoms with Gasteiger partial charge < -0.3 is 10.1 Å². The monoisotopic (exact) mass is 445 g/mol. The fourth-order valence-corrected chi connectivity index (χ4v) is 4.87. The first-order chi connectivity index (χ1) is 15.7. The van der Waals surface area contributed by atoms with E-state index in [1.165, 1.54) is 11.8 Å². The predicted molar refractivity (Wildman–Crippen MR) is 128 cm³/mol. The van der Waals surface area contributed by atoms with E-state index in [1.807, 2.05) is 60.7 Å². The van der Waals surface area contributed by atoms with Gasteiger partial charge in [0.1, 0.15) is 0 Å². The molecule has 2 heterocycles. The minimum atomic E-state index is -0.141. The summed E-state index contributed by atoms with van der Waals surface area (Å²) in [7, 11) is 0. The summed E-state index contributed by atoms with van der Waals surface area (Å²) in [6.45, 7) is 1.17. The van der Waals surface area contributed by atoms with Crippen LogP contribution in [-0.4, -0.2) is 33.9 Å². The van der Waals surface area contributed by atoms with Crippen molar-refractivity contribution in [3.05, 3.63) is 77.1 Å². The molecule has 1 aliphatic heterocycles. The summed E-state index contributed by atoms with van der Waals surface area (Å²) in [4.78, 5) is 30.6. The summed E-state index contributed by atoms with van der Waals surface area (Å²) in [5.41, 5.74) is 1.32. The van der Waals surface area contributed by atoms with Gasteiger partial charge in [0.15, 0.2) is 5.16 Å². The van der Waals surface area contributed by atoms with E-state index < -0.39 is 0 Å². The van der Waals surface area contributed by atoms with Gasteiger partial charge in [-0.2, -0.15) is 0 Å². The average molecular weight is 446 g/mol. The number of thioether (sulfide) groups is 1. The third-order valence-electron chi connectivity index (χ3n) is 5.63. The Labute approximate surface area is 189 Å². The van der Waals surface area contributed by atoms with Crippen LogP contribution in [0.2, 0.25) is 0 Å². The highest BCUT2D eigenvalue weighted by Gasteiger charge is 2.20. The van der Waals surface area contributed by atoms with E-state index in [4.69, 9.17) is 9.72 Å². The van der Waals surface area contributed by atoms with Crippen LogP contribution < -0.4 is 10.9 Å². The Morgan fingerprint density at radius 2 is 1.84 bits per heavy atom. The van der Waals surface area contributed by atoms with Crippen molar-refractivity contribution >= 4 is 45.0 Å². The van der Waals surface area contributed by atoms with Gasteiger partial charge in [-0.05, 0) is 36.4 Å². The van der Waals surface area contributed by atoms with Gasteiger partial charge in [-0.1, -0.05) is 60.3 Å².